The zero-order chi connectivity index (χ0) is 21.5. The number of carbonyl (C=O) groups is 1. The number of carbonyl (C=O) groups excluding carboxylic acids is 1. The normalized spacial score (nSPS) is 17.9. The third-order valence-corrected chi connectivity index (χ3v) is 7.78. The van der Waals surface area contributed by atoms with Gasteiger partial charge in [-0.1, -0.05) is 18.2 Å². The lowest BCUT2D eigenvalue weighted by atomic mass is 9.99. The van der Waals surface area contributed by atoms with Gasteiger partial charge in [0.25, 0.3) is 0 Å². The molecule has 0 bridgehead atoms. The van der Waals surface area contributed by atoms with Gasteiger partial charge in [-0.25, -0.2) is 14.1 Å². The molecule has 2 aliphatic carbocycles. The molecule has 0 saturated heterocycles. The van der Waals surface area contributed by atoms with E-state index in [0.717, 1.165) is 49.8 Å². The molecule has 30 heavy (non-hydrogen) atoms. The van der Waals surface area contributed by atoms with Crippen molar-refractivity contribution in [1.82, 2.24) is 4.90 Å². The largest absolute Gasteiger partial charge is 0.354 e. The Kier molecular flexibility index (Phi) is 5.70. The molecule has 6 nitrogen and oxygen atoms in total. The first-order chi connectivity index (χ1) is 14.3. The Bertz CT molecular complexity index is 1070. The first-order valence-electron chi connectivity index (χ1n) is 10.5. The molecule has 0 fully saturated rings. The number of rotatable bonds is 4. The van der Waals surface area contributed by atoms with E-state index < -0.39 is 15.9 Å². The van der Waals surface area contributed by atoms with Crippen LogP contribution in [0.4, 0.5) is 10.5 Å². The third-order valence-electron chi connectivity index (χ3n) is 6.40. The SMILES string of the molecule is CC(c1ccc([S@@](N)(=O)=NC(=O)Nc2c3c(cc4c2CCC4)CCC3)cc1)N(C)C. The average molecular weight is 427 g/mol. The summed E-state index contributed by atoms with van der Waals surface area (Å²) in [5, 5.41) is 8.94. The molecule has 0 aliphatic heterocycles. The fourth-order valence-corrected chi connectivity index (χ4v) is 5.44. The number of fused-ring (bicyclic) bond motifs is 2. The van der Waals surface area contributed by atoms with Crippen LogP contribution in [0.5, 0.6) is 0 Å². The van der Waals surface area contributed by atoms with Gasteiger partial charge in [-0.05, 0) is 99.5 Å². The summed E-state index contributed by atoms with van der Waals surface area (Å²) in [6, 6.07) is 9.06. The van der Waals surface area contributed by atoms with Crippen LogP contribution in [0, 0.1) is 0 Å². The molecule has 0 spiro atoms. The number of nitrogens with one attached hydrogen (secondary N) is 1. The van der Waals surface area contributed by atoms with E-state index in [9.17, 15) is 9.00 Å². The summed E-state index contributed by atoms with van der Waals surface area (Å²) >= 11 is 0. The van der Waals surface area contributed by atoms with Crippen molar-refractivity contribution in [3.8, 4) is 0 Å². The minimum atomic E-state index is -3.32. The van der Waals surface area contributed by atoms with Crippen molar-refractivity contribution >= 4 is 21.6 Å². The fourth-order valence-electron chi connectivity index (χ4n) is 4.51. The van der Waals surface area contributed by atoms with Crippen LogP contribution in [-0.4, -0.2) is 29.2 Å². The highest BCUT2D eigenvalue weighted by molar-refractivity contribution is 7.91. The predicted octanol–water partition coefficient (Wildman–Crippen LogP) is 4.22. The molecule has 0 aromatic heterocycles. The lowest BCUT2D eigenvalue weighted by Gasteiger charge is -2.20. The van der Waals surface area contributed by atoms with E-state index >= 15 is 0 Å². The Morgan fingerprint density at radius 1 is 1.07 bits per heavy atom. The van der Waals surface area contributed by atoms with E-state index in [1.807, 2.05) is 26.2 Å². The third kappa shape index (κ3) is 4.02. The van der Waals surface area contributed by atoms with Crippen LogP contribution in [-0.2, 0) is 35.6 Å². The molecule has 1 unspecified atom stereocenters. The topological polar surface area (TPSA) is 87.8 Å². The van der Waals surface area contributed by atoms with Crippen molar-refractivity contribution in [2.75, 3.05) is 19.4 Å². The maximum Gasteiger partial charge on any atom is 0.354 e. The minimum absolute atomic E-state index is 0.218. The molecule has 2 aromatic carbocycles. The standard InChI is InChI=1S/C23H30N4O2S/c1-15(27(2)3)16-10-12-19(13-11-16)30(24,29)26-23(28)25-22-20-8-4-6-17(20)14-18-7-5-9-21(18)22/h10-15H,4-9H2,1-3H3,(H3,24,25,26,28,29)/t15?,30-/m0/s1. The van der Waals surface area contributed by atoms with Gasteiger partial charge in [-0.15, -0.1) is 4.36 Å². The van der Waals surface area contributed by atoms with E-state index in [4.69, 9.17) is 5.14 Å². The van der Waals surface area contributed by atoms with Crippen LogP contribution in [0.2, 0.25) is 0 Å². The van der Waals surface area contributed by atoms with Gasteiger partial charge in [-0.3, -0.25) is 0 Å². The lowest BCUT2D eigenvalue weighted by molar-refractivity contribution is 0.260. The minimum Gasteiger partial charge on any atom is -0.305 e. The average Bonchev–Trinajstić information content (AvgIpc) is 3.36. The van der Waals surface area contributed by atoms with Crippen molar-refractivity contribution in [3.63, 3.8) is 0 Å². The number of nitrogens with zero attached hydrogens (tertiary/aromatic N) is 2. The number of anilines is 1. The zero-order valence-corrected chi connectivity index (χ0v) is 18.7. The van der Waals surface area contributed by atoms with Crippen molar-refractivity contribution in [1.29, 1.82) is 0 Å². The van der Waals surface area contributed by atoms with Crippen LogP contribution in [0.15, 0.2) is 39.6 Å². The van der Waals surface area contributed by atoms with E-state index in [2.05, 4.69) is 27.6 Å². The van der Waals surface area contributed by atoms with E-state index in [1.54, 1.807) is 12.1 Å². The second-order valence-electron chi connectivity index (χ2n) is 8.53. The molecule has 160 valence electrons. The van der Waals surface area contributed by atoms with Gasteiger partial charge < -0.3 is 10.2 Å². The first kappa shape index (κ1) is 21.0. The van der Waals surface area contributed by atoms with Gasteiger partial charge in [0.15, 0.2) is 0 Å². The Morgan fingerprint density at radius 2 is 1.63 bits per heavy atom. The number of hydrogen-bond acceptors (Lipinski definition) is 3. The number of urea groups is 1. The molecular formula is C23H30N4O2S. The number of aryl methyl sites for hydroxylation is 2. The lowest BCUT2D eigenvalue weighted by Crippen LogP contribution is -2.19. The predicted molar refractivity (Wildman–Crippen MR) is 121 cm³/mol. The van der Waals surface area contributed by atoms with Crippen molar-refractivity contribution in [2.24, 2.45) is 9.50 Å². The molecule has 2 atom stereocenters. The maximum atomic E-state index is 13.0. The molecule has 0 saturated carbocycles. The highest BCUT2D eigenvalue weighted by Crippen LogP contribution is 2.38. The fraction of sp³-hybridized carbons (Fsp3) is 0.435. The summed E-state index contributed by atoms with van der Waals surface area (Å²) < 4.78 is 16.9. The molecule has 0 heterocycles. The summed E-state index contributed by atoms with van der Waals surface area (Å²) in [7, 11) is 0.682. The van der Waals surface area contributed by atoms with Crippen LogP contribution < -0.4 is 10.5 Å². The Morgan fingerprint density at radius 3 is 2.17 bits per heavy atom. The van der Waals surface area contributed by atoms with E-state index in [1.165, 1.54) is 22.3 Å². The highest BCUT2D eigenvalue weighted by atomic mass is 32.2. The number of amides is 2. The number of benzene rings is 2. The quantitative estimate of drug-likeness (QED) is 0.767. The van der Waals surface area contributed by atoms with Crippen molar-refractivity contribution in [2.45, 2.75) is 56.4 Å². The van der Waals surface area contributed by atoms with Gasteiger partial charge in [0.1, 0.15) is 9.92 Å². The van der Waals surface area contributed by atoms with Crippen LogP contribution >= 0.6 is 0 Å². The highest BCUT2D eigenvalue weighted by Gasteiger charge is 2.25. The number of nitrogens with two attached hydrogens (primary N) is 1. The van der Waals surface area contributed by atoms with Crippen molar-refractivity contribution < 1.29 is 9.00 Å². The second kappa shape index (κ2) is 8.13. The maximum absolute atomic E-state index is 13.0. The Balaban J connectivity index is 1.60. The van der Waals surface area contributed by atoms with Crippen molar-refractivity contribution in [3.05, 3.63) is 58.1 Å². The van der Waals surface area contributed by atoms with E-state index in [-0.39, 0.29) is 6.04 Å². The molecule has 2 aromatic rings. The summed E-state index contributed by atoms with van der Waals surface area (Å²) in [6.45, 7) is 2.09. The van der Waals surface area contributed by atoms with Gasteiger partial charge in [0.2, 0.25) is 0 Å². The van der Waals surface area contributed by atoms with Gasteiger partial charge >= 0.3 is 6.03 Å². The summed E-state index contributed by atoms with van der Waals surface area (Å²) in [6.07, 6.45) is 6.22. The Hall–Kier alpha value is -2.22. The summed E-state index contributed by atoms with van der Waals surface area (Å²) in [4.78, 5) is 15.2. The number of hydrogen-bond donors (Lipinski definition) is 2. The second-order valence-corrected chi connectivity index (χ2v) is 10.3. The zero-order valence-electron chi connectivity index (χ0n) is 17.9. The van der Waals surface area contributed by atoms with Crippen LogP contribution in [0.3, 0.4) is 0 Å². The molecule has 7 heteroatoms. The molecule has 2 amide bonds. The smallest absolute Gasteiger partial charge is 0.305 e. The molecule has 2 aliphatic rings. The van der Waals surface area contributed by atoms with Crippen LogP contribution in [0.25, 0.3) is 0 Å². The van der Waals surface area contributed by atoms with E-state index in [0.29, 0.717) is 4.90 Å². The molecule has 0 radical (unpaired) electrons. The first-order valence-corrected chi connectivity index (χ1v) is 12.1. The van der Waals surface area contributed by atoms with Gasteiger partial charge in [0, 0.05) is 11.7 Å². The van der Waals surface area contributed by atoms with Crippen LogP contribution in [0.1, 0.15) is 53.6 Å². The summed E-state index contributed by atoms with van der Waals surface area (Å²) in [5.41, 5.74) is 7.04. The Labute approximate surface area is 179 Å². The molecule has 3 N–H and O–H groups in total. The van der Waals surface area contributed by atoms with Gasteiger partial charge in [-0.2, -0.15) is 0 Å². The van der Waals surface area contributed by atoms with Gasteiger partial charge in [0.05, 0.1) is 4.90 Å². The summed E-state index contributed by atoms with van der Waals surface area (Å²) in [5.74, 6) is 0. The molecule has 4 rings (SSSR count). The monoisotopic (exact) mass is 426 g/mol. The molecular weight excluding hydrogens is 396 g/mol.